The molecule has 3 heterocycles. The van der Waals surface area contributed by atoms with E-state index in [1.54, 1.807) is 0 Å². The normalized spacial score (nSPS) is 28.0. The Morgan fingerprint density at radius 3 is 2.29 bits per heavy atom. The summed E-state index contributed by atoms with van der Waals surface area (Å²) in [6, 6.07) is 0.867. The van der Waals surface area contributed by atoms with Crippen LogP contribution in [0.3, 0.4) is 0 Å². The van der Waals surface area contributed by atoms with Gasteiger partial charge in [-0.15, -0.1) is 0 Å². The molecule has 0 saturated carbocycles. The van der Waals surface area contributed by atoms with E-state index in [0.717, 1.165) is 32.3 Å². The molecule has 0 aromatic heterocycles. The summed E-state index contributed by atoms with van der Waals surface area (Å²) < 4.78 is 6.04. The van der Waals surface area contributed by atoms with E-state index in [9.17, 15) is 0 Å². The number of nitrogens with one attached hydrogen (secondary N) is 1. The number of hydrogen-bond donors (Lipinski definition) is 1. The van der Waals surface area contributed by atoms with E-state index in [-0.39, 0.29) is 0 Å². The summed E-state index contributed by atoms with van der Waals surface area (Å²) in [6.07, 6.45) is 9.92. The molecule has 0 aromatic rings. The zero-order valence-corrected chi connectivity index (χ0v) is 13.6. The van der Waals surface area contributed by atoms with Crippen molar-refractivity contribution in [2.24, 2.45) is 0 Å². The largest absolute Gasteiger partial charge is 0.377 e. The number of ether oxygens (including phenoxy) is 1. The second-order valence-electron chi connectivity index (χ2n) is 6.99. The molecule has 3 aliphatic rings. The molecule has 0 unspecified atom stereocenters. The van der Waals surface area contributed by atoms with Crippen LogP contribution in [0.5, 0.6) is 0 Å². The Hall–Kier alpha value is -0.160. The lowest BCUT2D eigenvalue weighted by Crippen LogP contribution is -2.47. The molecule has 122 valence electrons. The zero-order valence-electron chi connectivity index (χ0n) is 13.6. The Labute approximate surface area is 130 Å². The van der Waals surface area contributed by atoms with Gasteiger partial charge in [0.2, 0.25) is 0 Å². The highest BCUT2D eigenvalue weighted by Gasteiger charge is 2.25. The van der Waals surface area contributed by atoms with Gasteiger partial charge in [0, 0.05) is 12.6 Å². The van der Waals surface area contributed by atoms with Gasteiger partial charge in [-0.1, -0.05) is 6.42 Å². The average Bonchev–Trinajstić information content (AvgIpc) is 2.57. The summed E-state index contributed by atoms with van der Waals surface area (Å²) in [4.78, 5) is 5.37. The van der Waals surface area contributed by atoms with Crippen LogP contribution in [0.4, 0.5) is 0 Å². The lowest BCUT2D eigenvalue weighted by molar-refractivity contribution is 0.0116. The highest BCUT2D eigenvalue weighted by Crippen LogP contribution is 2.20. The van der Waals surface area contributed by atoms with Gasteiger partial charge in [0.15, 0.2) is 0 Å². The molecule has 0 spiro atoms. The van der Waals surface area contributed by atoms with E-state index < -0.39 is 0 Å². The summed E-state index contributed by atoms with van der Waals surface area (Å²) in [7, 11) is 0. The maximum Gasteiger partial charge on any atom is 0.0600 e. The van der Waals surface area contributed by atoms with Crippen LogP contribution < -0.4 is 5.32 Å². The number of hydrogen-bond acceptors (Lipinski definition) is 4. The molecule has 3 aliphatic heterocycles. The Balaban J connectivity index is 1.28. The minimum absolute atomic E-state index is 0.511. The van der Waals surface area contributed by atoms with Crippen molar-refractivity contribution in [2.75, 3.05) is 52.4 Å². The van der Waals surface area contributed by atoms with Crippen molar-refractivity contribution in [3.05, 3.63) is 0 Å². The van der Waals surface area contributed by atoms with Crippen molar-refractivity contribution in [2.45, 2.75) is 57.1 Å². The van der Waals surface area contributed by atoms with Gasteiger partial charge in [0.05, 0.1) is 12.7 Å². The van der Waals surface area contributed by atoms with Gasteiger partial charge in [0.25, 0.3) is 0 Å². The standard InChI is InChI=1S/C17H33N3O/c1-2-10-20(11-3-1)16-6-12-19(13-7-16)14-15-21-17-4-8-18-9-5-17/h16-18H,1-15H2. The third-order valence-corrected chi connectivity index (χ3v) is 5.51. The maximum absolute atomic E-state index is 6.04. The van der Waals surface area contributed by atoms with Crippen molar-refractivity contribution in [1.29, 1.82) is 0 Å². The van der Waals surface area contributed by atoms with Crippen molar-refractivity contribution in [1.82, 2.24) is 15.1 Å². The number of nitrogens with zero attached hydrogens (tertiary/aromatic N) is 2. The van der Waals surface area contributed by atoms with Gasteiger partial charge in [-0.05, 0) is 77.8 Å². The minimum atomic E-state index is 0.511. The zero-order chi connectivity index (χ0) is 14.3. The molecule has 3 saturated heterocycles. The molecule has 0 radical (unpaired) electrons. The van der Waals surface area contributed by atoms with Crippen LogP contribution in [0.1, 0.15) is 44.9 Å². The monoisotopic (exact) mass is 295 g/mol. The Morgan fingerprint density at radius 2 is 1.57 bits per heavy atom. The first kappa shape index (κ1) is 15.7. The Bertz CT molecular complexity index is 277. The van der Waals surface area contributed by atoms with Gasteiger partial charge in [-0.25, -0.2) is 0 Å². The van der Waals surface area contributed by atoms with Gasteiger partial charge < -0.3 is 19.9 Å². The average molecular weight is 295 g/mol. The molecule has 21 heavy (non-hydrogen) atoms. The molecule has 0 amide bonds. The fraction of sp³-hybridized carbons (Fsp3) is 1.00. The molecule has 3 rings (SSSR count). The SMILES string of the molecule is C1CCN(C2CCN(CCOC3CCNCC3)CC2)CC1. The molecule has 4 heteroatoms. The number of piperidine rings is 3. The summed E-state index contributed by atoms with van der Waals surface area (Å²) in [5, 5.41) is 3.40. The first-order valence-electron chi connectivity index (χ1n) is 9.20. The quantitative estimate of drug-likeness (QED) is 0.835. The molecule has 0 bridgehead atoms. The second kappa shape index (κ2) is 8.47. The van der Waals surface area contributed by atoms with E-state index >= 15 is 0 Å². The lowest BCUT2D eigenvalue weighted by Gasteiger charge is -2.40. The smallest absolute Gasteiger partial charge is 0.0600 e. The highest BCUT2D eigenvalue weighted by atomic mass is 16.5. The molecule has 4 nitrogen and oxygen atoms in total. The summed E-state index contributed by atoms with van der Waals surface area (Å²) in [5.74, 6) is 0. The predicted molar refractivity (Wildman–Crippen MR) is 86.7 cm³/mol. The van der Waals surface area contributed by atoms with E-state index in [4.69, 9.17) is 4.74 Å². The van der Waals surface area contributed by atoms with Crippen LogP contribution in [-0.4, -0.2) is 74.4 Å². The van der Waals surface area contributed by atoms with E-state index in [1.807, 2.05) is 0 Å². The highest BCUT2D eigenvalue weighted by molar-refractivity contribution is 4.81. The van der Waals surface area contributed by atoms with E-state index in [1.165, 1.54) is 71.1 Å². The van der Waals surface area contributed by atoms with Crippen LogP contribution in [-0.2, 0) is 4.74 Å². The van der Waals surface area contributed by atoms with E-state index in [0.29, 0.717) is 6.10 Å². The Morgan fingerprint density at radius 1 is 0.857 bits per heavy atom. The van der Waals surface area contributed by atoms with Crippen molar-refractivity contribution in [3.63, 3.8) is 0 Å². The van der Waals surface area contributed by atoms with Crippen LogP contribution >= 0.6 is 0 Å². The van der Waals surface area contributed by atoms with Crippen molar-refractivity contribution >= 4 is 0 Å². The van der Waals surface area contributed by atoms with Gasteiger partial charge in [-0.2, -0.15) is 0 Å². The van der Waals surface area contributed by atoms with Crippen molar-refractivity contribution < 1.29 is 4.74 Å². The van der Waals surface area contributed by atoms with Gasteiger partial charge in [-0.3, -0.25) is 0 Å². The molecule has 0 atom stereocenters. The van der Waals surface area contributed by atoms with Crippen molar-refractivity contribution in [3.8, 4) is 0 Å². The van der Waals surface area contributed by atoms with Crippen LogP contribution in [0, 0.1) is 0 Å². The summed E-state index contributed by atoms with van der Waals surface area (Å²) >= 11 is 0. The minimum Gasteiger partial charge on any atom is -0.377 e. The fourth-order valence-electron chi connectivity index (χ4n) is 4.10. The molecule has 1 N–H and O–H groups in total. The first-order valence-corrected chi connectivity index (χ1v) is 9.20. The van der Waals surface area contributed by atoms with Crippen LogP contribution in [0.2, 0.25) is 0 Å². The first-order chi connectivity index (χ1) is 10.4. The third kappa shape index (κ3) is 4.92. The second-order valence-corrected chi connectivity index (χ2v) is 6.99. The third-order valence-electron chi connectivity index (χ3n) is 5.51. The van der Waals surface area contributed by atoms with E-state index in [2.05, 4.69) is 15.1 Å². The lowest BCUT2D eigenvalue weighted by atomic mass is 10.00. The predicted octanol–water partition coefficient (Wildman–Crippen LogP) is 1.71. The maximum atomic E-state index is 6.04. The van der Waals surface area contributed by atoms with Gasteiger partial charge in [0.1, 0.15) is 0 Å². The topological polar surface area (TPSA) is 27.7 Å². The molecular weight excluding hydrogens is 262 g/mol. The molecule has 0 aromatic carbocycles. The molecule has 0 aliphatic carbocycles. The van der Waals surface area contributed by atoms with Gasteiger partial charge >= 0.3 is 0 Å². The fourth-order valence-corrected chi connectivity index (χ4v) is 4.10. The summed E-state index contributed by atoms with van der Waals surface area (Å²) in [6.45, 7) is 9.58. The van der Waals surface area contributed by atoms with Crippen LogP contribution in [0.15, 0.2) is 0 Å². The molecule has 3 fully saturated rings. The molecular formula is C17H33N3O. The Kier molecular flexibility index (Phi) is 6.34. The van der Waals surface area contributed by atoms with Crippen LogP contribution in [0.25, 0.3) is 0 Å². The number of rotatable bonds is 5. The summed E-state index contributed by atoms with van der Waals surface area (Å²) in [5.41, 5.74) is 0. The number of likely N-dealkylation sites (tertiary alicyclic amines) is 2.